The molecule has 94 valence electrons. The lowest BCUT2D eigenvalue weighted by Gasteiger charge is -2.12. The van der Waals surface area contributed by atoms with E-state index in [9.17, 15) is 9.90 Å². The van der Waals surface area contributed by atoms with Gasteiger partial charge in [-0.2, -0.15) is 5.10 Å². The third-order valence-electron chi connectivity index (χ3n) is 2.55. The fourth-order valence-corrected chi connectivity index (χ4v) is 2.03. The maximum Gasteiger partial charge on any atom is 0.251 e. The summed E-state index contributed by atoms with van der Waals surface area (Å²) in [5.74, 6) is -0.531. The molecule has 1 aromatic carbocycles. The van der Waals surface area contributed by atoms with E-state index >= 15 is 0 Å². The van der Waals surface area contributed by atoms with Crippen LogP contribution in [0.15, 0.2) is 35.1 Å². The van der Waals surface area contributed by atoms with Crippen molar-refractivity contribution in [1.82, 2.24) is 9.78 Å². The van der Waals surface area contributed by atoms with Crippen LogP contribution in [0.2, 0.25) is 0 Å². The zero-order valence-electron chi connectivity index (χ0n) is 9.67. The summed E-state index contributed by atoms with van der Waals surface area (Å²) in [5, 5.41) is 13.8. The number of rotatable bonds is 3. The van der Waals surface area contributed by atoms with Crippen molar-refractivity contribution in [3.05, 3.63) is 46.2 Å². The third kappa shape index (κ3) is 2.44. The van der Waals surface area contributed by atoms with E-state index in [-0.39, 0.29) is 0 Å². The van der Waals surface area contributed by atoms with Crippen molar-refractivity contribution in [2.75, 3.05) is 0 Å². The average Bonchev–Trinajstić information content (AvgIpc) is 2.78. The second-order valence-corrected chi connectivity index (χ2v) is 4.83. The molecule has 5 nitrogen and oxygen atoms in total. The highest BCUT2D eigenvalue weighted by atomic mass is 79.9. The van der Waals surface area contributed by atoms with Gasteiger partial charge in [0.05, 0.1) is 23.6 Å². The van der Waals surface area contributed by atoms with E-state index in [2.05, 4.69) is 21.0 Å². The third-order valence-corrected chi connectivity index (χ3v) is 3.05. The number of aliphatic hydroxyl groups is 1. The second kappa shape index (κ2) is 4.91. The van der Waals surface area contributed by atoms with Crippen LogP contribution in [-0.2, 0) is 0 Å². The number of benzene rings is 1. The molecule has 0 bridgehead atoms. The maximum absolute atomic E-state index is 11.0. The number of hydrogen-bond donors (Lipinski definition) is 2. The summed E-state index contributed by atoms with van der Waals surface area (Å²) in [6.45, 7) is 1.67. The summed E-state index contributed by atoms with van der Waals surface area (Å²) in [6, 6.07) is 5.46. The molecule has 18 heavy (non-hydrogen) atoms. The molecule has 0 saturated heterocycles. The Morgan fingerprint density at radius 1 is 1.56 bits per heavy atom. The first-order chi connectivity index (χ1) is 8.49. The molecule has 1 amide bonds. The minimum atomic E-state index is -0.640. The minimum absolute atomic E-state index is 0.328. The molecule has 1 heterocycles. The van der Waals surface area contributed by atoms with E-state index < -0.39 is 12.0 Å². The first kappa shape index (κ1) is 12.8. The second-order valence-electron chi connectivity index (χ2n) is 3.92. The summed E-state index contributed by atoms with van der Waals surface area (Å²) in [5.41, 5.74) is 6.93. The Kier molecular flexibility index (Phi) is 3.49. The zero-order chi connectivity index (χ0) is 13.3. The summed E-state index contributed by atoms with van der Waals surface area (Å²) in [4.78, 5) is 11.0. The minimum Gasteiger partial charge on any atom is -0.389 e. The number of hydrogen-bond acceptors (Lipinski definition) is 3. The summed E-state index contributed by atoms with van der Waals surface area (Å²) < 4.78 is 2.39. The number of primary amides is 1. The smallest absolute Gasteiger partial charge is 0.251 e. The number of halogens is 1. The molecule has 0 saturated carbocycles. The van der Waals surface area contributed by atoms with Crippen LogP contribution in [0.1, 0.15) is 28.9 Å². The van der Waals surface area contributed by atoms with E-state index in [1.807, 2.05) is 18.2 Å². The van der Waals surface area contributed by atoms with Gasteiger partial charge in [0, 0.05) is 16.2 Å². The number of aromatic nitrogens is 2. The lowest BCUT2D eigenvalue weighted by Crippen LogP contribution is -2.09. The topological polar surface area (TPSA) is 81.1 Å². The summed E-state index contributed by atoms with van der Waals surface area (Å²) >= 11 is 3.35. The molecule has 0 spiro atoms. The van der Waals surface area contributed by atoms with Crippen molar-refractivity contribution in [2.45, 2.75) is 13.0 Å². The normalized spacial score (nSPS) is 12.4. The van der Waals surface area contributed by atoms with Crippen molar-refractivity contribution >= 4 is 21.8 Å². The largest absolute Gasteiger partial charge is 0.389 e. The van der Waals surface area contributed by atoms with Crippen molar-refractivity contribution in [1.29, 1.82) is 0 Å². The van der Waals surface area contributed by atoms with Gasteiger partial charge in [-0.25, -0.2) is 4.68 Å². The van der Waals surface area contributed by atoms with Gasteiger partial charge in [-0.05, 0) is 25.1 Å². The van der Waals surface area contributed by atoms with Gasteiger partial charge in [-0.3, -0.25) is 4.79 Å². The molecule has 6 heteroatoms. The Labute approximate surface area is 112 Å². The Bertz CT molecular complexity index is 593. The highest BCUT2D eigenvalue weighted by Crippen LogP contribution is 2.25. The molecule has 3 N–H and O–H groups in total. The van der Waals surface area contributed by atoms with E-state index in [4.69, 9.17) is 5.73 Å². The van der Waals surface area contributed by atoms with Crippen LogP contribution in [0, 0.1) is 0 Å². The van der Waals surface area contributed by atoms with Crippen LogP contribution in [0.4, 0.5) is 0 Å². The fraction of sp³-hybridized carbons (Fsp3) is 0.167. The number of nitrogens with zero attached hydrogens (tertiary/aromatic N) is 2. The van der Waals surface area contributed by atoms with Crippen molar-refractivity contribution in [3.8, 4) is 5.69 Å². The van der Waals surface area contributed by atoms with Gasteiger partial charge in [0.1, 0.15) is 0 Å². The Morgan fingerprint density at radius 3 is 2.83 bits per heavy atom. The number of carbonyl (C=O) groups is 1. The summed E-state index contributed by atoms with van der Waals surface area (Å²) in [7, 11) is 0. The highest BCUT2D eigenvalue weighted by Gasteiger charge is 2.12. The molecular weight excluding hydrogens is 298 g/mol. The Hall–Kier alpha value is -1.66. The van der Waals surface area contributed by atoms with E-state index in [0.29, 0.717) is 16.8 Å². The van der Waals surface area contributed by atoms with Crippen molar-refractivity contribution in [3.63, 3.8) is 0 Å². The van der Waals surface area contributed by atoms with Gasteiger partial charge in [0.15, 0.2) is 0 Å². The monoisotopic (exact) mass is 309 g/mol. The molecule has 1 aromatic heterocycles. The standard InChI is InChI=1S/C12H12BrN3O2/c1-7(17)10-4-9(13)2-3-11(10)16-6-8(5-15-16)12(14)18/h2-7,17H,1H3,(H2,14,18). The molecule has 2 aromatic rings. The molecule has 1 atom stereocenters. The highest BCUT2D eigenvalue weighted by molar-refractivity contribution is 9.10. The molecule has 1 unspecified atom stereocenters. The number of carbonyl (C=O) groups excluding carboxylic acids is 1. The Morgan fingerprint density at radius 2 is 2.28 bits per heavy atom. The zero-order valence-corrected chi connectivity index (χ0v) is 11.3. The van der Waals surface area contributed by atoms with Crippen molar-refractivity contribution in [2.24, 2.45) is 5.73 Å². The Balaban J connectivity index is 2.52. The van der Waals surface area contributed by atoms with Crippen LogP contribution < -0.4 is 5.73 Å². The first-order valence-corrected chi connectivity index (χ1v) is 6.10. The first-order valence-electron chi connectivity index (χ1n) is 5.31. The van der Waals surface area contributed by atoms with Gasteiger partial charge in [0.2, 0.25) is 0 Å². The van der Waals surface area contributed by atoms with Crippen LogP contribution >= 0.6 is 15.9 Å². The average molecular weight is 310 g/mol. The fourth-order valence-electron chi connectivity index (χ4n) is 1.65. The molecular formula is C12H12BrN3O2. The number of amides is 1. The lowest BCUT2D eigenvalue weighted by molar-refractivity contribution is 0.100. The van der Waals surface area contributed by atoms with Crippen LogP contribution in [-0.4, -0.2) is 20.8 Å². The van der Waals surface area contributed by atoms with Gasteiger partial charge in [-0.15, -0.1) is 0 Å². The number of nitrogens with two attached hydrogens (primary N) is 1. The van der Waals surface area contributed by atoms with Gasteiger partial charge in [0.25, 0.3) is 5.91 Å². The molecule has 0 aliphatic rings. The molecule has 2 rings (SSSR count). The quantitative estimate of drug-likeness (QED) is 0.907. The summed E-state index contributed by atoms with van der Waals surface area (Å²) in [6.07, 6.45) is 2.30. The van der Waals surface area contributed by atoms with E-state index in [0.717, 1.165) is 4.47 Å². The predicted octanol–water partition coefficient (Wildman–Crippen LogP) is 1.79. The van der Waals surface area contributed by atoms with Crippen LogP contribution in [0.25, 0.3) is 5.69 Å². The van der Waals surface area contributed by atoms with Crippen LogP contribution in [0.3, 0.4) is 0 Å². The lowest BCUT2D eigenvalue weighted by atomic mass is 10.1. The molecule has 0 aliphatic carbocycles. The van der Waals surface area contributed by atoms with Gasteiger partial charge in [-0.1, -0.05) is 15.9 Å². The van der Waals surface area contributed by atoms with Crippen molar-refractivity contribution < 1.29 is 9.90 Å². The van der Waals surface area contributed by atoms with E-state index in [1.165, 1.54) is 17.1 Å². The van der Waals surface area contributed by atoms with Crippen LogP contribution in [0.5, 0.6) is 0 Å². The SMILES string of the molecule is CC(O)c1cc(Br)ccc1-n1cc(C(N)=O)cn1. The van der Waals surface area contributed by atoms with E-state index in [1.54, 1.807) is 6.92 Å². The molecule has 0 aliphatic heterocycles. The predicted molar refractivity (Wildman–Crippen MR) is 70.4 cm³/mol. The van der Waals surface area contributed by atoms with Gasteiger partial charge >= 0.3 is 0 Å². The maximum atomic E-state index is 11.0. The number of aliphatic hydroxyl groups excluding tert-OH is 1. The van der Waals surface area contributed by atoms with Gasteiger partial charge < -0.3 is 10.8 Å². The molecule has 0 fully saturated rings. The molecule has 0 radical (unpaired) electrons.